The zero-order valence-corrected chi connectivity index (χ0v) is 14.5. The summed E-state index contributed by atoms with van der Waals surface area (Å²) in [6.07, 6.45) is 1.07. The molecular formula is C16H23N5OS. The van der Waals surface area contributed by atoms with Crippen LogP contribution in [0.15, 0.2) is 29.4 Å². The van der Waals surface area contributed by atoms with Gasteiger partial charge in [0.2, 0.25) is 17.0 Å². The number of rotatable bonds is 7. The molecule has 0 spiro atoms. The van der Waals surface area contributed by atoms with Crippen molar-refractivity contribution in [1.29, 1.82) is 0 Å². The van der Waals surface area contributed by atoms with Crippen molar-refractivity contribution in [1.82, 2.24) is 20.5 Å². The van der Waals surface area contributed by atoms with Gasteiger partial charge in [0.1, 0.15) is 0 Å². The summed E-state index contributed by atoms with van der Waals surface area (Å²) in [6, 6.07) is 8.37. The second kappa shape index (κ2) is 8.01. The average Bonchev–Trinajstić information content (AvgIpc) is 2.91. The number of nitrogen functional groups attached to an aromatic ring is 1. The molecule has 4 N–H and O–H groups in total. The molecule has 7 heteroatoms. The number of aromatic nitrogens is 3. The second-order valence-electron chi connectivity index (χ2n) is 5.92. The average molecular weight is 333 g/mol. The molecule has 1 aromatic heterocycles. The Hall–Kier alpha value is -2.02. The standard InChI is InChI=1S/C16H23N5OS/c1-10(2)8-12-4-6-13(7-5-12)11(3)18-14(22)9-23-16-19-15(17)20-21-16/h4-7,10-11H,8-9H2,1-3H3,(H,18,22)(H3,17,19,20,21)/t11-/m1/s1. The molecule has 1 amide bonds. The Kier molecular flexibility index (Phi) is 6.04. The topological polar surface area (TPSA) is 96.7 Å². The molecule has 6 nitrogen and oxygen atoms in total. The van der Waals surface area contributed by atoms with Gasteiger partial charge in [0.15, 0.2) is 0 Å². The number of nitrogens with zero attached hydrogens (tertiary/aromatic N) is 2. The first-order valence-corrected chi connectivity index (χ1v) is 8.61. The summed E-state index contributed by atoms with van der Waals surface area (Å²) in [5.74, 6) is 1.09. The molecule has 1 atom stereocenters. The number of nitrogens with one attached hydrogen (secondary N) is 2. The van der Waals surface area contributed by atoms with Gasteiger partial charge < -0.3 is 11.1 Å². The highest BCUT2D eigenvalue weighted by Crippen LogP contribution is 2.17. The van der Waals surface area contributed by atoms with Crippen molar-refractivity contribution in [2.75, 3.05) is 11.5 Å². The molecule has 0 aliphatic rings. The summed E-state index contributed by atoms with van der Waals surface area (Å²) in [5.41, 5.74) is 7.86. The molecule has 0 aliphatic carbocycles. The number of hydrogen-bond donors (Lipinski definition) is 3. The molecule has 2 rings (SSSR count). The second-order valence-corrected chi connectivity index (χ2v) is 6.86. The Labute approximate surface area is 140 Å². The molecule has 2 aromatic rings. The maximum atomic E-state index is 12.0. The smallest absolute Gasteiger partial charge is 0.230 e. The van der Waals surface area contributed by atoms with E-state index < -0.39 is 0 Å². The van der Waals surface area contributed by atoms with Gasteiger partial charge in [-0.05, 0) is 30.4 Å². The predicted octanol–water partition coefficient (Wildman–Crippen LogP) is 2.55. The maximum absolute atomic E-state index is 12.0. The number of H-pyrrole nitrogens is 1. The van der Waals surface area contributed by atoms with Crippen molar-refractivity contribution < 1.29 is 4.79 Å². The van der Waals surface area contributed by atoms with Gasteiger partial charge in [0.25, 0.3) is 0 Å². The van der Waals surface area contributed by atoms with Crippen molar-refractivity contribution in [2.24, 2.45) is 5.92 Å². The van der Waals surface area contributed by atoms with Gasteiger partial charge >= 0.3 is 0 Å². The van der Waals surface area contributed by atoms with Crippen LogP contribution in [0, 0.1) is 5.92 Å². The molecule has 1 heterocycles. The van der Waals surface area contributed by atoms with Gasteiger partial charge in [-0.25, -0.2) is 5.10 Å². The van der Waals surface area contributed by atoms with Crippen molar-refractivity contribution in [3.8, 4) is 0 Å². The van der Waals surface area contributed by atoms with E-state index in [4.69, 9.17) is 5.73 Å². The number of carbonyl (C=O) groups excluding carboxylic acids is 1. The summed E-state index contributed by atoms with van der Waals surface area (Å²) in [4.78, 5) is 15.9. The van der Waals surface area contributed by atoms with E-state index in [1.807, 2.05) is 6.92 Å². The monoisotopic (exact) mass is 333 g/mol. The Morgan fingerprint density at radius 3 is 2.57 bits per heavy atom. The van der Waals surface area contributed by atoms with Crippen molar-refractivity contribution in [3.05, 3.63) is 35.4 Å². The van der Waals surface area contributed by atoms with E-state index in [2.05, 4.69) is 58.6 Å². The van der Waals surface area contributed by atoms with E-state index in [-0.39, 0.29) is 23.7 Å². The molecular weight excluding hydrogens is 310 g/mol. The fourth-order valence-electron chi connectivity index (χ4n) is 2.23. The quantitative estimate of drug-likeness (QED) is 0.677. The van der Waals surface area contributed by atoms with E-state index in [0.29, 0.717) is 11.1 Å². The minimum Gasteiger partial charge on any atom is -0.368 e. The van der Waals surface area contributed by atoms with Crippen LogP contribution in [0.25, 0.3) is 0 Å². The fourth-order valence-corrected chi connectivity index (χ4v) is 2.85. The number of benzene rings is 1. The first kappa shape index (κ1) is 17.3. The number of anilines is 1. The van der Waals surface area contributed by atoms with Crippen LogP contribution in [0.3, 0.4) is 0 Å². The molecule has 0 saturated heterocycles. The van der Waals surface area contributed by atoms with Crippen LogP contribution in [0.5, 0.6) is 0 Å². The third kappa shape index (κ3) is 5.59. The number of hydrogen-bond acceptors (Lipinski definition) is 5. The molecule has 0 saturated carbocycles. The van der Waals surface area contributed by atoms with Crippen LogP contribution < -0.4 is 11.1 Å². The normalized spacial score (nSPS) is 12.3. The van der Waals surface area contributed by atoms with Gasteiger partial charge in [0.05, 0.1) is 11.8 Å². The van der Waals surface area contributed by atoms with Crippen molar-refractivity contribution in [2.45, 2.75) is 38.4 Å². The van der Waals surface area contributed by atoms with Gasteiger partial charge in [-0.15, -0.1) is 5.10 Å². The Morgan fingerprint density at radius 2 is 2.00 bits per heavy atom. The molecule has 0 radical (unpaired) electrons. The highest BCUT2D eigenvalue weighted by atomic mass is 32.2. The highest BCUT2D eigenvalue weighted by Gasteiger charge is 2.11. The lowest BCUT2D eigenvalue weighted by Gasteiger charge is -2.15. The lowest BCUT2D eigenvalue weighted by molar-refractivity contribution is -0.119. The van der Waals surface area contributed by atoms with Gasteiger partial charge in [-0.1, -0.05) is 49.9 Å². The molecule has 0 aliphatic heterocycles. The number of nitrogens with two attached hydrogens (primary N) is 1. The summed E-state index contributed by atoms with van der Waals surface area (Å²) in [7, 11) is 0. The summed E-state index contributed by atoms with van der Waals surface area (Å²) in [5, 5.41) is 9.87. The van der Waals surface area contributed by atoms with Crippen molar-refractivity contribution >= 4 is 23.6 Å². The lowest BCUT2D eigenvalue weighted by atomic mass is 10.00. The third-order valence-corrected chi connectivity index (χ3v) is 4.16. The van der Waals surface area contributed by atoms with Crippen LogP contribution >= 0.6 is 11.8 Å². The Balaban J connectivity index is 1.83. The van der Waals surface area contributed by atoms with E-state index in [9.17, 15) is 4.79 Å². The van der Waals surface area contributed by atoms with Crippen LogP contribution in [-0.2, 0) is 11.2 Å². The molecule has 0 bridgehead atoms. The molecule has 1 aromatic carbocycles. The predicted molar refractivity (Wildman–Crippen MR) is 93.1 cm³/mol. The van der Waals surface area contributed by atoms with Gasteiger partial charge in [-0.2, -0.15) is 4.98 Å². The summed E-state index contributed by atoms with van der Waals surface area (Å²) >= 11 is 1.25. The number of thioether (sulfide) groups is 1. The van der Waals surface area contributed by atoms with Gasteiger partial charge in [0, 0.05) is 0 Å². The summed E-state index contributed by atoms with van der Waals surface area (Å²) in [6.45, 7) is 6.39. The van der Waals surface area contributed by atoms with Crippen LogP contribution in [0.1, 0.15) is 37.9 Å². The van der Waals surface area contributed by atoms with E-state index in [1.54, 1.807) is 0 Å². The van der Waals surface area contributed by atoms with Gasteiger partial charge in [-0.3, -0.25) is 4.79 Å². The van der Waals surface area contributed by atoms with E-state index in [0.717, 1.165) is 12.0 Å². The highest BCUT2D eigenvalue weighted by molar-refractivity contribution is 7.99. The SMILES string of the molecule is CC(C)Cc1ccc([C@@H](C)NC(=O)CSc2n[nH]c(N)n2)cc1. The molecule has 124 valence electrons. The first-order valence-electron chi connectivity index (χ1n) is 7.63. The largest absolute Gasteiger partial charge is 0.368 e. The van der Waals surface area contributed by atoms with E-state index >= 15 is 0 Å². The Bertz CT molecular complexity index is 638. The number of amides is 1. The van der Waals surface area contributed by atoms with E-state index in [1.165, 1.54) is 17.3 Å². The molecule has 0 fully saturated rings. The number of aromatic amines is 1. The Morgan fingerprint density at radius 1 is 1.30 bits per heavy atom. The third-order valence-electron chi connectivity index (χ3n) is 3.32. The lowest BCUT2D eigenvalue weighted by Crippen LogP contribution is -2.28. The molecule has 23 heavy (non-hydrogen) atoms. The minimum atomic E-state index is -0.0582. The molecule has 0 unspecified atom stereocenters. The zero-order valence-electron chi connectivity index (χ0n) is 13.7. The van der Waals surface area contributed by atoms with Crippen LogP contribution in [-0.4, -0.2) is 26.8 Å². The fraction of sp³-hybridized carbons (Fsp3) is 0.438. The number of carbonyl (C=O) groups is 1. The van der Waals surface area contributed by atoms with Crippen LogP contribution in [0.4, 0.5) is 5.95 Å². The maximum Gasteiger partial charge on any atom is 0.230 e. The zero-order chi connectivity index (χ0) is 16.8. The summed E-state index contributed by atoms with van der Waals surface area (Å²) < 4.78 is 0. The first-order chi connectivity index (χ1) is 10.9. The minimum absolute atomic E-state index is 0.0339. The van der Waals surface area contributed by atoms with Crippen molar-refractivity contribution in [3.63, 3.8) is 0 Å². The van der Waals surface area contributed by atoms with Crippen LogP contribution in [0.2, 0.25) is 0 Å².